The summed E-state index contributed by atoms with van der Waals surface area (Å²) in [6.07, 6.45) is 2.73. The van der Waals surface area contributed by atoms with Gasteiger partial charge in [0.05, 0.1) is 4.90 Å². The summed E-state index contributed by atoms with van der Waals surface area (Å²) in [5.74, 6) is -0.959. The highest BCUT2D eigenvalue weighted by molar-refractivity contribution is 7.89. The zero-order valence-electron chi connectivity index (χ0n) is 15.4. The lowest BCUT2D eigenvalue weighted by Gasteiger charge is -2.25. The molecule has 2 aliphatic rings. The monoisotopic (exact) mass is 395 g/mol. The third-order valence-electron chi connectivity index (χ3n) is 4.89. The summed E-state index contributed by atoms with van der Waals surface area (Å²) in [5, 5.41) is 0. The maximum atomic E-state index is 12.6. The SMILES string of the molecule is CC1CC(OC(=O)CCc2ccc(S(=O)(=O)N3CCCCC3)cc2)C(=O)O1. The predicted molar refractivity (Wildman–Crippen MR) is 97.4 cm³/mol. The lowest BCUT2D eigenvalue weighted by Crippen LogP contribution is -2.35. The number of hydrogen-bond acceptors (Lipinski definition) is 6. The fraction of sp³-hybridized carbons (Fsp3) is 0.579. The summed E-state index contributed by atoms with van der Waals surface area (Å²) in [6.45, 7) is 2.89. The largest absolute Gasteiger partial charge is 0.460 e. The number of esters is 2. The Morgan fingerprint density at radius 1 is 1.19 bits per heavy atom. The summed E-state index contributed by atoms with van der Waals surface area (Å²) < 4.78 is 36.9. The molecule has 1 aromatic rings. The summed E-state index contributed by atoms with van der Waals surface area (Å²) in [4.78, 5) is 23.7. The quantitative estimate of drug-likeness (QED) is 0.685. The van der Waals surface area contributed by atoms with E-state index in [-0.39, 0.29) is 17.4 Å². The van der Waals surface area contributed by atoms with E-state index in [1.165, 1.54) is 4.31 Å². The van der Waals surface area contributed by atoms with Gasteiger partial charge in [0.15, 0.2) is 0 Å². The summed E-state index contributed by atoms with van der Waals surface area (Å²) in [7, 11) is -3.45. The molecule has 0 radical (unpaired) electrons. The molecule has 2 atom stereocenters. The van der Waals surface area contributed by atoms with Crippen molar-refractivity contribution in [2.75, 3.05) is 13.1 Å². The van der Waals surface area contributed by atoms with Crippen molar-refractivity contribution in [3.8, 4) is 0 Å². The van der Waals surface area contributed by atoms with Crippen molar-refractivity contribution in [2.45, 2.75) is 62.6 Å². The van der Waals surface area contributed by atoms with Crippen molar-refractivity contribution in [3.05, 3.63) is 29.8 Å². The van der Waals surface area contributed by atoms with Gasteiger partial charge in [0.2, 0.25) is 16.1 Å². The van der Waals surface area contributed by atoms with Crippen LogP contribution in [0.1, 0.15) is 44.6 Å². The zero-order valence-corrected chi connectivity index (χ0v) is 16.2. The molecule has 27 heavy (non-hydrogen) atoms. The molecule has 2 unspecified atom stereocenters. The van der Waals surface area contributed by atoms with Gasteiger partial charge in [-0.3, -0.25) is 4.79 Å². The van der Waals surface area contributed by atoms with Crippen molar-refractivity contribution >= 4 is 22.0 Å². The number of carbonyl (C=O) groups is 2. The van der Waals surface area contributed by atoms with Gasteiger partial charge in [-0.05, 0) is 43.9 Å². The number of cyclic esters (lactones) is 1. The molecule has 8 heteroatoms. The minimum Gasteiger partial charge on any atom is -0.460 e. The lowest BCUT2D eigenvalue weighted by atomic mass is 10.1. The summed E-state index contributed by atoms with van der Waals surface area (Å²) in [5.41, 5.74) is 0.840. The van der Waals surface area contributed by atoms with Crippen LogP contribution < -0.4 is 0 Å². The first kappa shape index (κ1) is 19.8. The maximum absolute atomic E-state index is 12.6. The molecule has 2 saturated heterocycles. The first-order valence-corrected chi connectivity index (χ1v) is 10.8. The van der Waals surface area contributed by atoms with Crippen LogP contribution in [0.4, 0.5) is 0 Å². The van der Waals surface area contributed by atoms with E-state index in [0.717, 1.165) is 24.8 Å². The molecule has 0 aliphatic carbocycles. The van der Waals surface area contributed by atoms with Crippen LogP contribution in [-0.4, -0.2) is 50.0 Å². The van der Waals surface area contributed by atoms with E-state index in [1.807, 2.05) is 0 Å². The highest BCUT2D eigenvalue weighted by Gasteiger charge is 2.34. The molecule has 0 aromatic heterocycles. The number of ether oxygens (including phenoxy) is 2. The standard InChI is InChI=1S/C19H25NO6S/c1-14-13-17(19(22)25-14)26-18(21)10-7-15-5-8-16(9-6-15)27(23,24)20-11-3-2-4-12-20/h5-6,8-9,14,17H,2-4,7,10-13H2,1H3. The second-order valence-electron chi connectivity index (χ2n) is 7.07. The fourth-order valence-electron chi connectivity index (χ4n) is 3.36. The van der Waals surface area contributed by atoms with E-state index in [1.54, 1.807) is 31.2 Å². The Bertz CT molecular complexity index is 783. The number of carbonyl (C=O) groups excluding carboxylic acids is 2. The first-order valence-electron chi connectivity index (χ1n) is 9.35. The van der Waals surface area contributed by atoms with Gasteiger partial charge in [-0.15, -0.1) is 0 Å². The van der Waals surface area contributed by atoms with E-state index in [0.29, 0.717) is 25.9 Å². The van der Waals surface area contributed by atoms with Crippen LogP contribution in [-0.2, 0) is 35.5 Å². The van der Waals surface area contributed by atoms with Crippen molar-refractivity contribution in [2.24, 2.45) is 0 Å². The molecule has 2 heterocycles. The van der Waals surface area contributed by atoms with Gasteiger partial charge in [0, 0.05) is 25.9 Å². The fourth-order valence-corrected chi connectivity index (χ4v) is 4.88. The topological polar surface area (TPSA) is 90.0 Å². The number of rotatable bonds is 6. The molecule has 0 saturated carbocycles. The van der Waals surface area contributed by atoms with Gasteiger partial charge in [-0.2, -0.15) is 4.31 Å². The van der Waals surface area contributed by atoms with Gasteiger partial charge in [0.1, 0.15) is 6.10 Å². The van der Waals surface area contributed by atoms with Crippen molar-refractivity contribution < 1.29 is 27.5 Å². The number of nitrogens with zero attached hydrogens (tertiary/aromatic N) is 1. The number of aryl methyl sites for hydroxylation is 1. The number of sulfonamides is 1. The van der Waals surface area contributed by atoms with Crippen molar-refractivity contribution in [1.82, 2.24) is 4.31 Å². The Balaban J connectivity index is 1.53. The second-order valence-corrected chi connectivity index (χ2v) is 9.01. The molecule has 1 aromatic carbocycles. The van der Waals surface area contributed by atoms with Crippen molar-refractivity contribution in [3.63, 3.8) is 0 Å². The molecular weight excluding hydrogens is 370 g/mol. The Morgan fingerprint density at radius 2 is 1.85 bits per heavy atom. The van der Waals surface area contributed by atoms with Crippen molar-refractivity contribution in [1.29, 1.82) is 0 Å². The number of hydrogen-bond donors (Lipinski definition) is 0. The highest BCUT2D eigenvalue weighted by Crippen LogP contribution is 2.22. The van der Waals surface area contributed by atoms with Gasteiger partial charge in [-0.1, -0.05) is 18.6 Å². The molecule has 2 fully saturated rings. The molecule has 0 N–H and O–H groups in total. The molecular formula is C19H25NO6S. The summed E-state index contributed by atoms with van der Waals surface area (Å²) >= 11 is 0. The molecule has 0 spiro atoms. The number of piperidine rings is 1. The van der Waals surface area contributed by atoms with Gasteiger partial charge >= 0.3 is 11.9 Å². The van der Waals surface area contributed by atoms with Crippen LogP contribution in [0.2, 0.25) is 0 Å². The zero-order chi connectivity index (χ0) is 19.4. The van der Waals surface area contributed by atoms with Crippen LogP contribution in [0.25, 0.3) is 0 Å². The Labute approximate surface area is 159 Å². The molecule has 2 aliphatic heterocycles. The molecule has 0 amide bonds. The predicted octanol–water partition coefficient (Wildman–Crippen LogP) is 2.04. The van der Waals surface area contributed by atoms with Crippen LogP contribution in [0.5, 0.6) is 0 Å². The molecule has 3 rings (SSSR count). The Morgan fingerprint density at radius 3 is 2.44 bits per heavy atom. The van der Waals surface area contributed by atoms with E-state index < -0.39 is 28.1 Å². The smallest absolute Gasteiger partial charge is 0.347 e. The van der Waals surface area contributed by atoms with Gasteiger partial charge in [0.25, 0.3) is 0 Å². The second kappa shape index (κ2) is 8.39. The average molecular weight is 395 g/mol. The Kier molecular flexibility index (Phi) is 6.16. The van der Waals surface area contributed by atoms with Gasteiger partial charge < -0.3 is 9.47 Å². The minimum atomic E-state index is -3.45. The summed E-state index contributed by atoms with van der Waals surface area (Å²) in [6, 6.07) is 6.60. The van der Waals surface area contributed by atoms with Crippen LogP contribution in [0, 0.1) is 0 Å². The van der Waals surface area contributed by atoms with E-state index in [9.17, 15) is 18.0 Å². The third-order valence-corrected chi connectivity index (χ3v) is 6.81. The van der Waals surface area contributed by atoms with E-state index in [2.05, 4.69) is 0 Å². The van der Waals surface area contributed by atoms with E-state index >= 15 is 0 Å². The maximum Gasteiger partial charge on any atom is 0.347 e. The van der Waals surface area contributed by atoms with E-state index in [4.69, 9.17) is 9.47 Å². The minimum absolute atomic E-state index is 0.121. The number of benzene rings is 1. The third kappa shape index (κ3) is 4.87. The van der Waals surface area contributed by atoms with Crippen LogP contribution >= 0.6 is 0 Å². The first-order chi connectivity index (χ1) is 12.9. The Hall–Kier alpha value is -1.93. The molecule has 148 valence electrons. The average Bonchev–Trinajstić information content (AvgIpc) is 2.98. The molecule has 0 bridgehead atoms. The molecule has 7 nitrogen and oxygen atoms in total. The van der Waals surface area contributed by atoms with Crippen LogP contribution in [0.3, 0.4) is 0 Å². The normalized spacial score (nSPS) is 23.8. The van der Waals surface area contributed by atoms with Crippen LogP contribution in [0.15, 0.2) is 29.2 Å². The highest BCUT2D eigenvalue weighted by atomic mass is 32.2. The lowest BCUT2D eigenvalue weighted by molar-refractivity contribution is -0.160. The van der Waals surface area contributed by atoms with Gasteiger partial charge in [-0.25, -0.2) is 13.2 Å².